The number of benzene rings is 2. The molecule has 0 bridgehead atoms. The molecule has 2 aliphatic rings. The largest absolute Gasteiger partial charge is 0.331 e. The summed E-state index contributed by atoms with van der Waals surface area (Å²) >= 11 is 0. The minimum atomic E-state index is 0.0542. The molecule has 3 aromatic rings. The van der Waals surface area contributed by atoms with Crippen LogP contribution in [0.5, 0.6) is 0 Å². The van der Waals surface area contributed by atoms with Crippen LogP contribution in [0.3, 0.4) is 0 Å². The zero-order chi connectivity index (χ0) is 19.8. The van der Waals surface area contributed by atoms with Crippen molar-refractivity contribution in [1.29, 1.82) is 0 Å². The van der Waals surface area contributed by atoms with Crippen LogP contribution in [0.4, 0.5) is 0 Å². The molecule has 1 fully saturated rings. The number of carbonyl (C=O) groups excluding carboxylic acids is 1. The van der Waals surface area contributed by atoms with E-state index in [1.54, 1.807) is 0 Å². The second kappa shape index (κ2) is 7.44. The van der Waals surface area contributed by atoms with E-state index >= 15 is 0 Å². The van der Waals surface area contributed by atoms with Crippen molar-refractivity contribution in [3.05, 3.63) is 71.9 Å². The van der Waals surface area contributed by atoms with E-state index in [4.69, 9.17) is 0 Å². The van der Waals surface area contributed by atoms with Gasteiger partial charge in [-0.05, 0) is 12.0 Å². The molecule has 2 atom stereocenters. The number of aromatic nitrogens is 3. The molecular weight excluding hydrogens is 362 g/mol. The van der Waals surface area contributed by atoms with Gasteiger partial charge in [0.05, 0.1) is 12.1 Å². The van der Waals surface area contributed by atoms with Crippen molar-refractivity contribution >= 4 is 5.91 Å². The molecule has 2 aromatic carbocycles. The molecule has 0 saturated carbocycles. The molecule has 3 heterocycles. The van der Waals surface area contributed by atoms with E-state index in [1.165, 1.54) is 5.56 Å². The Hall–Kier alpha value is -2.99. The summed E-state index contributed by atoms with van der Waals surface area (Å²) in [6.45, 7) is 5.51. The van der Waals surface area contributed by atoms with Crippen molar-refractivity contribution in [3.63, 3.8) is 0 Å². The molecule has 0 spiro atoms. The summed E-state index contributed by atoms with van der Waals surface area (Å²) < 4.78 is 1.90. The number of fused-ring (bicyclic) bond motifs is 3. The molecular formula is C23H25N5O. The molecule has 6 heteroatoms. The fourth-order valence-electron chi connectivity index (χ4n) is 4.67. The zero-order valence-corrected chi connectivity index (χ0v) is 16.6. The first-order chi connectivity index (χ1) is 14.3. The highest BCUT2D eigenvalue weighted by atomic mass is 16.2. The molecule has 2 aliphatic heterocycles. The van der Waals surface area contributed by atoms with Gasteiger partial charge < -0.3 is 4.90 Å². The topological polar surface area (TPSA) is 54.3 Å². The number of amides is 1. The Morgan fingerprint density at radius 3 is 2.38 bits per heavy atom. The maximum Gasteiger partial charge on any atom is 0.274 e. The first kappa shape index (κ1) is 18.1. The normalized spacial score (nSPS) is 21.3. The van der Waals surface area contributed by atoms with Crippen LogP contribution >= 0.6 is 0 Å². The highest BCUT2D eigenvalue weighted by Gasteiger charge is 2.47. The molecule has 0 N–H and O–H groups in total. The van der Waals surface area contributed by atoms with Gasteiger partial charge in [-0.2, -0.15) is 0 Å². The molecule has 1 saturated heterocycles. The Kier molecular flexibility index (Phi) is 4.64. The summed E-state index contributed by atoms with van der Waals surface area (Å²) in [7, 11) is 0. The predicted octanol–water partition coefficient (Wildman–Crippen LogP) is 3.24. The van der Waals surface area contributed by atoms with Crippen LogP contribution in [0.15, 0.2) is 60.7 Å². The second-order valence-corrected chi connectivity index (χ2v) is 7.91. The monoisotopic (exact) mass is 387 g/mol. The van der Waals surface area contributed by atoms with Gasteiger partial charge >= 0.3 is 0 Å². The molecule has 148 valence electrons. The lowest BCUT2D eigenvalue weighted by molar-refractivity contribution is 0.0564. The first-order valence-corrected chi connectivity index (χ1v) is 10.3. The summed E-state index contributed by atoms with van der Waals surface area (Å²) in [4.78, 5) is 18.0. The lowest BCUT2D eigenvalue weighted by Crippen LogP contribution is -2.51. The minimum Gasteiger partial charge on any atom is -0.331 e. The van der Waals surface area contributed by atoms with Gasteiger partial charge in [0, 0.05) is 31.7 Å². The summed E-state index contributed by atoms with van der Waals surface area (Å²) in [6.07, 6.45) is 0.940. The predicted molar refractivity (Wildman–Crippen MR) is 111 cm³/mol. The molecule has 6 nitrogen and oxygen atoms in total. The van der Waals surface area contributed by atoms with Gasteiger partial charge in [-0.1, -0.05) is 72.8 Å². The standard InChI is InChI=1S/C23H25N5O/c1-2-13-27-19-15-26(14-17-9-5-3-6-10-17)16-20(19)28-22(23(27)29)21(24-25-28)18-11-7-4-8-12-18/h3-12,19-20H,2,13-16H2,1H3/t19-,20+/m1/s1. The molecule has 0 radical (unpaired) electrons. The maximum absolute atomic E-state index is 13.5. The van der Waals surface area contributed by atoms with Crippen molar-refractivity contribution in [2.75, 3.05) is 19.6 Å². The van der Waals surface area contributed by atoms with Gasteiger partial charge in [0.1, 0.15) is 5.69 Å². The Labute approximate surface area is 170 Å². The summed E-state index contributed by atoms with van der Waals surface area (Å²) in [5, 5.41) is 8.88. The fraction of sp³-hybridized carbons (Fsp3) is 0.348. The third-order valence-corrected chi connectivity index (χ3v) is 5.97. The number of hydrogen-bond acceptors (Lipinski definition) is 4. The van der Waals surface area contributed by atoms with E-state index in [1.807, 2.05) is 41.1 Å². The van der Waals surface area contributed by atoms with Crippen molar-refractivity contribution < 1.29 is 4.79 Å². The van der Waals surface area contributed by atoms with Crippen molar-refractivity contribution in [2.45, 2.75) is 32.0 Å². The Bertz CT molecular complexity index is 1000. The van der Waals surface area contributed by atoms with Crippen LogP contribution in [-0.2, 0) is 6.54 Å². The van der Waals surface area contributed by atoms with Crippen LogP contribution in [0.1, 0.15) is 35.4 Å². The average molecular weight is 387 g/mol. The molecule has 5 rings (SSSR count). The van der Waals surface area contributed by atoms with Gasteiger partial charge in [0.25, 0.3) is 5.91 Å². The van der Waals surface area contributed by atoms with Crippen LogP contribution in [0.2, 0.25) is 0 Å². The molecule has 0 unspecified atom stereocenters. The molecule has 29 heavy (non-hydrogen) atoms. The highest BCUT2D eigenvalue weighted by Crippen LogP contribution is 2.36. The Morgan fingerprint density at radius 2 is 1.66 bits per heavy atom. The minimum absolute atomic E-state index is 0.0542. The Morgan fingerprint density at radius 1 is 0.966 bits per heavy atom. The van der Waals surface area contributed by atoms with Crippen molar-refractivity contribution in [2.24, 2.45) is 0 Å². The second-order valence-electron chi connectivity index (χ2n) is 7.91. The van der Waals surface area contributed by atoms with E-state index in [-0.39, 0.29) is 18.0 Å². The quantitative estimate of drug-likeness (QED) is 0.674. The highest BCUT2D eigenvalue weighted by molar-refractivity contribution is 5.99. The zero-order valence-electron chi connectivity index (χ0n) is 16.6. The summed E-state index contributed by atoms with van der Waals surface area (Å²) in [5.41, 5.74) is 3.56. The van der Waals surface area contributed by atoms with Crippen molar-refractivity contribution in [1.82, 2.24) is 24.8 Å². The third-order valence-electron chi connectivity index (χ3n) is 5.97. The number of hydrogen-bond donors (Lipinski definition) is 0. The number of rotatable bonds is 5. The third kappa shape index (κ3) is 3.13. The lowest BCUT2D eigenvalue weighted by Gasteiger charge is -2.37. The number of carbonyl (C=O) groups is 1. The van der Waals surface area contributed by atoms with E-state index in [0.29, 0.717) is 11.4 Å². The smallest absolute Gasteiger partial charge is 0.274 e. The van der Waals surface area contributed by atoms with Gasteiger partial charge in [-0.3, -0.25) is 9.69 Å². The average Bonchev–Trinajstić information content (AvgIpc) is 3.37. The fourth-order valence-corrected chi connectivity index (χ4v) is 4.67. The van der Waals surface area contributed by atoms with Crippen LogP contribution in [0, 0.1) is 0 Å². The maximum atomic E-state index is 13.5. The van der Waals surface area contributed by atoms with Gasteiger partial charge in [0.15, 0.2) is 5.69 Å². The van der Waals surface area contributed by atoms with Gasteiger partial charge in [0.2, 0.25) is 0 Å². The molecule has 1 amide bonds. The SMILES string of the molecule is CCCN1C(=O)c2c(-c3ccccc3)nnn2[C@H]2CN(Cc3ccccc3)C[C@H]21. The lowest BCUT2D eigenvalue weighted by atomic mass is 10.0. The Balaban J connectivity index is 1.50. The van der Waals surface area contributed by atoms with Crippen LogP contribution in [-0.4, -0.2) is 56.4 Å². The van der Waals surface area contributed by atoms with Gasteiger partial charge in [-0.25, -0.2) is 4.68 Å². The van der Waals surface area contributed by atoms with E-state index in [2.05, 4.69) is 51.3 Å². The van der Waals surface area contributed by atoms with E-state index < -0.39 is 0 Å². The number of nitrogens with zero attached hydrogens (tertiary/aromatic N) is 5. The van der Waals surface area contributed by atoms with Gasteiger partial charge in [-0.15, -0.1) is 5.10 Å². The van der Waals surface area contributed by atoms with E-state index in [0.717, 1.165) is 38.2 Å². The molecule has 1 aromatic heterocycles. The van der Waals surface area contributed by atoms with Crippen LogP contribution in [0.25, 0.3) is 11.3 Å². The summed E-state index contributed by atoms with van der Waals surface area (Å²) in [5.74, 6) is 0.0542. The summed E-state index contributed by atoms with van der Waals surface area (Å²) in [6, 6.07) is 20.7. The number of likely N-dealkylation sites (tertiary alicyclic amines) is 1. The van der Waals surface area contributed by atoms with Crippen molar-refractivity contribution in [3.8, 4) is 11.3 Å². The molecule has 0 aliphatic carbocycles. The first-order valence-electron chi connectivity index (χ1n) is 10.3. The van der Waals surface area contributed by atoms with Crippen LogP contribution < -0.4 is 0 Å². The van der Waals surface area contributed by atoms with E-state index in [9.17, 15) is 4.79 Å².